The van der Waals surface area contributed by atoms with E-state index in [0.29, 0.717) is 6.42 Å². The number of carbonyl (C=O) groups is 1. The number of allylic oxidation sites excluding steroid dienone is 2. The molecule has 3 N–H and O–H groups in total. The molecule has 4 rings (SSSR count). The maximum atomic E-state index is 12.1. The topological polar surface area (TPSA) is 90.3 Å². The van der Waals surface area contributed by atoms with Crippen molar-refractivity contribution in [3.63, 3.8) is 0 Å². The number of rotatable bonds is 3. The molecule has 4 aliphatic rings. The minimum atomic E-state index is -0.735. The summed E-state index contributed by atoms with van der Waals surface area (Å²) in [7, 11) is 0. The zero-order valence-electron chi connectivity index (χ0n) is 16.7. The summed E-state index contributed by atoms with van der Waals surface area (Å²) in [4.78, 5) is 12.1. The average molecular weight is 376 g/mol. The summed E-state index contributed by atoms with van der Waals surface area (Å²) < 4.78 is 5.94. The highest BCUT2D eigenvalue weighted by molar-refractivity contribution is 5.75. The highest BCUT2D eigenvalue weighted by Crippen LogP contribution is 2.63. The molecule has 0 aromatic rings. The zero-order chi connectivity index (χ0) is 19.8. The van der Waals surface area contributed by atoms with Gasteiger partial charge >= 0.3 is 5.97 Å². The Morgan fingerprint density at radius 3 is 2.59 bits per heavy atom. The Morgan fingerprint density at radius 1 is 1.22 bits per heavy atom. The molecule has 3 aliphatic carbocycles. The predicted octanol–water partition coefficient (Wildman–Crippen LogP) is 3.06. The van der Waals surface area contributed by atoms with Crippen LogP contribution in [-0.2, 0) is 9.53 Å². The molecule has 0 spiro atoms. The minimum Gasteiger partial charge on any atom is -0.481 e. The molecule has 0 radical (unpaired) electrons. The van der Waals surface area contributed by atoms with E-state index in [1.165, 1.54) is 5.57 Å². The van der Waals surface area contributed by atoms with Crippen LogP contribution in [0.15, 0.2) is 23.3 Å². The van der Waals surface area contributed by atoms with Crippen LogP contribution in [0.4, 0.5) is 0 Å². The number of aliphatic hydroxyl groups excluding tert-OH is 2. The monoisotopic (exact) mass is 376 g/mol. The van der Waals surface area contributed by atoms with Gasteiger partial charge in [-0.2, -0.15) is 0 Å². The number of carboxylic acid groups (broad SMARTS) is 1. The second-order valence-corrected chi connectivity index (χ2v) is 9.87. The van der Waals surface area contributed by atoms with Crippen molar-refractivity contribution >= 4 is 5.97 Å². The fourth-order valence-electron chi connectivity index (χ4n) is 6.58. The van der Waals surface area contributed by atoms with Crippen molar-refractivity contribution in [2.75, 3.05) is 0 Å². The van der Waals surface area contributed by atoms with Crippen LogP contribution in [0.5, 0.6) is 0 Å². The largest absolute Gasteiger partial charge is 0.481 e. The van der Waals surface area contributed by atoms with Crippen molar-refractivity contribution in [1.29, 1.82) is 0 Å². The van der Waals surface area contributed by atoms with Crippen molar-refractivity contribution < 1.29 is 24.9 Å². The summed E-state index contributed by atoms with van der Waals surface area (Å²) in [6.45, 7) is 8.09. The maximum Gasteiger partial charge on any atom is 0.309 e. The molecule has 1 saturated heterocycles. The van der Waals surface area contributed by atoms with Crippen LogP contribution in [0, 0.1) is 22.7 Å². The van der Waals surface area contributed by atoms with Crippen molar-refractivity contribution in [3.05, 3.63) is 23.3 Å². The molecule has 5 heteroatoms. The molecule has 8 atom stereocenters. The van der Waals surface area contributed by atoms with Gasteiger partial charge in [0.2, 0.25) is 0 Å². The van der Waals surface area contributed by atoms with Crippen LogP contribution < -0.4 is 0 Å². The molecule has 27 heavy (non-hydrogen) atoms. The molecule has 0 aromatic carbocycles. The van der Waals surface area contributed by atoms with E-state index in [1.54, 1.807) is 6.08 Å². The van der Waals surface area contributed by atoms with Crippen LogP contribution in [0.1, 0.15) is 59.8 Å². The van der Waals surface area contributed by atoms with Crippen LogP contribution >= 0.6 is 0 Å². The Labute approximate surface area is 161 Å². The number of aliphatic carboxylic acids is 1. The highest BCUT2D eigenvalue weighted by atomic mass is 16.6. The standard InChI is InChI=1S/C22H32O5/c1-12-6-7-15-20(3,8-5-9-21(15,4)19(25)26)14(12)11-22-16(23)10-13(2)17(24)18(22)27-22/h6,10,14-18,23-24H,5,7-9,11H2,1-4H3,(H,25,26). The first kappa shape index (κ1) is 19.2. The first-order valence-corrected chi connectivity index (χ1v) is 10.2. The van der Waals surface area contributed by atoms with Gasteiger partial charge in [0.25, 0.3) is 0 Å². The highest BCUT2D eigenvalue weighted by Gasteiger charge is 2.68. The Balaban J connectivity index is 1.68. The number of hydrogen-bond donors (Lipinski definition) is 3. The molecule has 1 heterocycles. The van der Waals surface area contributed by atoms with Gasteiger partial charge in [-0.1, -0.05) is 31.1 Å². The van der Waals surface area contributed by atoms with E-state index < -0.39 is 29.2 Å². The van der Waals surface area contributed by atoms with Gasteiger partial charge in [0.15, 0.2) is 0 Å². The van der Waals surface area contributed by atoms with Gasteiger partial charge in [-0.3, -0.25) is 4.79 Å². The lowest BCUT2D eigenvalue weighted by Crippen LogP contribution is -2.54. The normalized spacial score (nSPS) is 51.6. The van der Waals surface area contributed by atoms with E-state index in [0.717, 1.165) is 31.3 Å². The Bertz CT molecular complexity index is 726. The first-order valence-electron chi connectivity index (χ1n) is 10.2. The van der Waals surface area contributed by atoms with Crippen molar-refractivity contribution in [1.82, 2.24) is 0 Å². The Kier molecular flexibility index (Phi) is 4.20. The molecule has 5 nitrogen and oxygen atoms in total. The predicted molar refractivity (Wildman–Crippen MR) is 101 cm³/mol. The summed E-state index contributed by atoms with van der Waals surface area (Å²) in [5.41, 5.74) is 0.430. The molecule has 1 aliphatic heterocycles. The lowest BCUT2D eigenvalue weighted by molar-refractivity contribution is -0.163. The number of fused-ring (bicyclic) bond motifs is 2. The summed E-state index contributed by atoms with van der Waals surface area (Å²) >= 11 is 0. The van der Waals surface area contributed by atoms with E-state index in [4.69, 9.17) is 4.74 Å². The second kappa shape index (κ2) is 5.91. The van der Waals surface area contributed by atoms with Crippen LogP contribution in [-0.4, -0.2) is 45.2 Å². The van der Waals surface area contributed by atoms with Gasteiger partial charge in [-0.25, -0.2) is 0 Å². The molecular formula is C22H32O5. The Hall–Kier alpha value is -1.17. The van der Waals surface area contributed by atoms with Crippen LogP contribution in [0.25, 0.3) is 0 Å². The van der Waals surface area contributed by atoms with Crippen molar-refractivity contribution in [2.45, 2.75) is 83.7 Å². The summed E-state index contributed by atoms with van der Waals surface area (Å²) in [6, 6.07) is 0. The van der Waals surface area contributed by atoms with Crippen LogP contribution in [0.3, 0.4) is 0 Å². The first-order chi connectivity index (χ1) is 12.6. The van der Waals surface area contributed by atoms with E-state index in [1.807, 2.05) is 13.8 Å². The molecule has 0 amide bonds. The number of ether oxygens (including phenoxy) is 1. The maximum absolute atomic E-state index is 12.1. The van der Waals surface area contributed by atoms with Crippen molar-refractivity contribution in [2.24, 2.45) is 22.7 Å². The number of hydrogen-bond acceptors (Lipinski definition) is 4. The van der Waals surface area contributed by atoms with Gasteiger partial charge in [-0.15, -0.1) is 0 Å². The van der Waals surface area contributed by atoms with Crippen LogP contribution in [0.2, 0.25) is 0 Å². The molecule has 0 bridgehead atoms. The van der Waals surface area contributed by atoms with Gasteiger partial charge in [0.1, 0.15) is 23.9 Å². The molecule has 8 unspecified atom stereocenters. The van der Waals surface area contributed by atoms with E-state index in [-0.39, 0.29) is 23.4 Å². The van der Waals surface area contributed by atoms with Crippen molar-refractivity contribution in [3.8, 4) is 0 Å². The second-order valence-electron chi connectivity index (χ2n) is 9.87. The zero-order valence-corrected chi connectivity index (χ0v) is 16.7. The van der Waals surface area contributed by atoms with Gasteiger partial charge < -0.3 is 20.1 Å². The third-order valence-electron chi connectivity index (χ3n) is 8.46. The molecule has 2 fully saturated rings. The Morgan fingerprint density at radius 2 is 1.93 bits per heavy atom. The van der Waals surface area contributed by atoms with Gasteiger partial charge in [0.05, 0.1) is 5.41 Å². The van der Waals surface area contributed by atoms with E-state index in [2.05, 4.69) is 19.9 Å². The minimum absolute atomic E-state index is 0.0708. The smallest absolute Gasteiger partial charge is 0.309 e. The number of aliphatic hydroxyl groups is 2. The SMILES string of the molecule is CC1=CC(O)C2(CC3C(C)=CCC4C(C)(C(=O)O)CCCC34C)OC2C1O. The quantitative estimate of drug-likeness (QED) is 0.520. The molecule has 1 saturated carbocycles. The fourth-order valence-corrected chi connectivity index (χ4v) is 6.58. The van der Waals surface area contributed by atoms with E-state index in [9.17, 15) is 20.1 Å². The summed E-state index contributed by atoms with van der Waals surface area (Å²) in [5, 5.41) is 31.1. The number of carboxylic acids is 1. The summed E-state index contributed by atoms with van der Waals surface area (Å²) in [6.07, 6.45) is 6.21. The fraction of sp³-hybridized carbons (Fsp3) is 0.773. The molecular weight excluding hydrogens is 344 g/mol. The average Bonchev–Trinajstić information content (AvgIpc) is 3.33. The van der Waals surface area contributed by atoms with Gasteiger partial charge in [0, 0.05) is 0 Å². The van der Waals surface area contributed by atoms with E-state index >= 15 is 0 Å². The lowest BCUT2D eigenvalue weighted by Gasteiger charge is -2.56. The molecule has 0 aromatic heterocycles. The summed E-state index contributed by atoms with van der Waals surface area (Å²) in [5.74, 6) is -0.481. The number of epoxide rings is 1. The lowest BCUT2D eigenvalue weighted by atomic mass is 9.47. The molecule has 150 valence electrons. The van der Waals surface area contributed by atoms with Gasteiger partial charge in [-0.05, 0) is 69.3 Å². The third-order valence-corrected chi connectivity index (χ3v) is 8.46. The third kappa shape index (κ3) is 2.51.